The Morgan fingerprint density at radius 2 is 1.88 bits per heavy atom. The molecule has 0 radical (unpaired) electrons. The van der Waals surface area contributed by atoms with Gasteiger partial charge in [-0.3, -0.25) is 9.59 Å². The Morgan fingerprint density at radius 1 is 1.19 bits per heavy atom. The normalized spacial score (nSPS) is 19.0. The minimum atomic E-state index is -4.53. The van der Waals surface area contributed by atoms with E-state index in [9.17, 15) is 31.2 Å². The molecule has 1 fully saturated rings. The summed E-state index contributed by atoms with van der Waals surface area (Å²) in [4.78, 5) is 23.8. The summed E-state index contributed by atoms with van der Waals surface area (Å²) in [7, 11) is -3.12. The second-order valence-corrected chi connectivity index (χ2v) is 8.09. The molecule has 3 N–H and O–H groups in total. The van der Waals surface area contributed by atoms with E-state index in [2.05, 4.69) is 10.6 Å². The Labute approximate surface area is 148 Å². The van der Waals surface area contributed by atoms with Gasteiger partial charge in [-0.15, -0.1) is 0 Å². The maximum absolute atomic E-state index is 12.2. The molecule has 1 aromatic carbocycles. The van der Waals surface area contributed by atoms with Crippen molar-refractivity contribution in [2.45, 2.75) is 18.6 Å². The zero-order valence-corrected chi connectivity index (χ0v) is 14.4. The first-order valence-corrected chi connectivity index (χ1v) is 9.55. The molecule has 1 aromatic rings. The van der Waals surface area contributed by atoms with Crippen LogP contribution < -0.4 is 16.0 Å². The van der Waals surface area contributed by atoms with Crippen molar-refractivity contribution in [2.75, 3.05) is 29.9 Å². The quantitative estimate of drug-likeness (QED) is 0.660. The van der Waals surface area contributed by atoms with E-state index in [1.807, 2.05) is 0 Å². The largest absolute Gasteiger partial charge is 0.405 e. The summed E-state index contributed by atoms with van der Waals surface area (Å²) in [6.07, 6.45) is -4.19. The Bertz CT molecular complexity index is 781. The number of alkyl halides is 3. The molecule has 1 aliphatic rings. The van der Waals surface area contributed by atoms with Crippen LogP contribution in [0.3, 0.4) is 0 Å². The van der Waals surface area contributed by atoms with E-state index >= 15 is 0 Å². The smallest absolute Gasteiger partial charge is 0.376 e. The zero-order chi connectivity index (χ0) is 19.4. The minimum absolute atomic E-state index is 0.0214. The summed E-state index contributed by atoms with van der Waals surface area (Å²) in [5, 5.41) is 7.01. The number of amides is 2. The molecule has 11 heteroatoms. The van der Waals surface area contributed by atoms with Gasteiger partial charge in [-0.05, 0) is 18.6 Å². The Morgan fingerprint density at radius 3 is 2.50 bits per heavy atom. The van der Waals surface area contributed by atoms with Crippen LogP contribution in [0.25, 0.3) is 0 Å². The van der Waals surface area contributed by atoms with Crippen LogP contribution in [-0.2, 0) is 14.6 Å². The summed E-state index contributed by atoms with van der Waals surface area (Å²) >= 11 is 0. The van der Waals surface area contributed by atoms with Crippen molar-refractivity contribution in [2.24, 2.45) is 0 Å². The fourth-order valence-electron chi connectivity index (χ4n) is 2.47. The zero-order valence-electron chi connectivity index (χ0n) is 13.6. The Balaban J connectivity index is 1.91. The maximum Gasteiger partial charge on any atom is 0.405 e. The molecule has 144 valence electrons. The van der Waals surface area contributed by atoms with Crippen molar-refractivity contribution in [1.29, 1.82) is 0 Å². The topological polar surface area (TPSA) is 104 Å². The summed E-state index contributed by atoms with van der Waals surface area (Å²) in [5.41, 5.74) is 0.161. The van der Waals surface area contributed by atoms with Gasteiger partial charge in [0.1, 0.15) is 6.54 Å². The van der Waals surface area contributed by atoms with E-state index in [0.29, 0.717) is 6.42 Å². The van der Waals surface area contributed by atoms with Crippen LogP contribution in [0.2, 0.25) is 0 Å². The highest BCUT2D eigenvalue weighted by atomic mass is 32.2. The van der Waals surface area contributed by atoms with Gasteiger partial charge in [0.15, 0.2) is 9.84 Å². The molecule has 0 spiro atoms. The van der Waals surface area contributed by atoms with Gasteiger partial charge in [-0.25, -0.2) is 8.42 Å². The number of hydrogen-bond donors (Lipinski definition) is 3. The van der Waals surface area contributed by atoms with Crippen molar-refractivity contribution in [1.82, 2.24) is 10.6 Å². The molecule has 1 heterocycles. The van der Waals surface area contributed by atoms with Crippen LogP contribution in [0, 0.1) is 0 Å². The number of rotatable bonds is 6. The monoisotopic (exact) mass is 393 g/mol. The average Bonchev–Trinajstić information content (AvgIpc) is 2.89. The SMILES string of the molecule is O=C(CNc1ccccc1C(=O)NCC(F)(F)F)NC1CCS(=O)(=O)C1. The number of anilines is 1. The molecule has 1 unspecified atom stereocenters. The van der Waals surface area contributed by atoms with Crippen LogP contribution in [-0.4, -0.2) is 57.0 Å². The van der Waals surface area contributed by atoms with Gasteiger partial charge in [0.2, 0.25) is 5.91 Å². The molecule has 0 aromatic heterocycles. The molecule has 2 amide bonds. The fourth-order valence-corrected chi connectivity index (χ4v) is 4.15. The van der Waals surface area contributed by atoms with Crippen LogP contribution in [0.5, 0.6) is 0 Å². The second kappa shape index (κ2) is 7.94. The molecule has 1 aliphatic heterocycles. The van der Waals surface area contributed by atoms with Crippen LogP contribution in [0.1, 0.15) is 16.8 Å². The molecule has 1 saturated heterocycles. The fraction of sp³-hybridized carbons (Fsp3) is 0.467. The maximum atomic E-state index is 12.2. The summed E-state index contributed by atoms with van der Waals surface area (Å²) in [6, 6.07) is 5.37. The standard InChI is InChI=1S/C15H18F3N3O4S/c16-15(17,18)9-20-14(23)11-3-1-2-4-12(11)19-7-13(22)21-10-5-6-26(24,25)8-10/h1-4,10,19H,5-9H2,(H,20,23)(H,21,22). The number of halogens is 3. The lowest BCUT2D eigenvalue weighted by molar-refractivity contribution is -0.123. The van der Waals surface area contributed by atoms with E-state index in [4.69, 9.17) is 0 Å². The summed E-state index contributed by atoms with van der Waals surface area (Å²) in [5.74, 6) is -1.49. The number of sulfone groups is 1. The van der Waals surface area contributed by atoms with Crippen molar-refractivity contribution in [3.63, 3.8) is 0 Å². The lowest BCUT2D eigenvalue weighted by Gasteiger charge is -2.14. The highest BCUT2D eigenvalue weighted by Crippen LogP contribution is 2.17. The van der Waals surface area contributed by atoms with Gasteiger partial charge in [-0.1, -0.05) is 12.1 Å². The third-order valence-electron chi connectivity index (χ3n) is 3.66. The number of hydrogen-bond acceptors (Lipinski definition) is 5. The lowest BCUT2D eigenvalue weighted by atomic mass is 10.1. The number of carbonyl (C=O) groups excluding carboxylic acids is 2. The predicted octanol–water partition coefficient (Wildman–Crippen LogP) is 0.694. The second-order valence-electron chi connectivity index (χ2n) is 5.86. The molecule has 7 nitrogen and oxygen atoms in total. The number of benzene rings is 1. The first-order valence-electron chi connectivity index (χ1n) is 7.73. The first-order chi connectivity index (χ1) is 12.1. The van der Waals surface area contributed by atoms with E-state index in [1.54, 1.807) is 11.4 Å². The molecule has 0 aliphatic carbocycles. The van der Waals surface area contributed by atoms with Gasteiger partial charge in [0.05, 0.1) is 23.6 Å². The van der Waals surface area contributed by atoms with E-state index in [1.165, 1.54) is 18.2 Å². The Kier molecular flexibility index (Phi) is 6.11. The third-order valence-corrected chi connectivity index (χ3v) is 5.43. The molecule has 26 heavy (non-hydrogen) atoms. The van der Waals surface area contributed by atoms with Crippen molar-refractivity contribution >= 4 is 27.3 Å². The van der Waals surface area contributed by atoms with E-state index in [0.717, 1.165) is 0 Å². The molecule has 2 rings (SSSR count). The lowest BCUT2D eigenvalue weighted by Crippen LogP contribution is -2.39. The van der Waals surface area contributed by atoms with Crippen molar-refractivity contribution in [3.8, 4) is 0 Å². The van der Waals surface area contributed by atoms with Gasteiger partial charge in [0, 0.05) is 11.7 Å². The summed E-state index contributed by atoms with van der Waals surface area (Å²) < 4.78 is 59.3. The van der Waals surface area contributed by atoms with Crippen molar-refractivity contribution < 1.29 is 31.2 Å². The molecular formula is C15H18F3N3O4S. The number of nitrogens with one attached hydrogen (secondary N) is 3. The van der Waals surface area contributed by atoms with Gasteiger partial charge in [-0.2, -0.15) is 13.2 Å². The van der Waals surface area contributed by atoms with Crippen LogP contribution in [0.15, 0.2) is 24.3 Å². The molecule has 0 bridgehead atoms. The number of carbonyl (C=O) groups is 2. The van der Waals surface area contributed by atoms with Crippen LogP contribution >= 0.6 is 0 Å². The Hall–Kier alpha value is -2.30. The van der Waals surface area contributed by atoms with E-state index in [-0.39, 0.29) is 29.3 Å². The third kappa shape index (κ3) is 6.21. The molecule has 0 saturated carbocycles. The summed E-state index contributed by atoms with van der Waals surface area (Å²) in [6.45, 7) is -1.71. The van der Waals surface area contributed by atoms with E-state index < -0.39 is 40.4 Å². The molecular weight excluding hydrogens is 375 g/mol. The van der Waals surface area contributed by atoms with Gasteiger partial charge in [0.25, 0.3) is 5.91 Å². The first kappa shape index (κ1) is 20.0. The minimum Gasteiger partial charge on any atom is -0.376 e. The van der Waals surface area contributed by atoms with Crippen LogP contribution in [0.4, 0.5) is 18.9 Å². The van der Waals surface area contributed by atoms with Gasteiger partial charge >= 0.3 is 6.18 Å². The molecule has 1 atom stereocenters. The highest BCUT2D eigenvalue weighted by Gasteiger charge is 2.29. The van der Waals surface area contributed by atoms with Gasteiger partial charge < -0.3 is 16.0 Å². The van der Waals surface area contributed by atoms with Crippen molar-refractivity contribution in [3.05, 3.63) is 29.8 Å². The highest BCUT2D eigenvalue weighted by molar-refractivity contribution is 7.91. The predicted molar refractivity (Wildman–Crippen MR) is 88.5 cm³/mol. The number of para-hydroxylation sites is 1. The average molecular weight is 393 g/mol.